The van der Waals surface area contributed by atoms with E-state index in [1.165, 1.54) is 19.1 Å². The number of halogens is 3. The third-order valence-corrected chi connectivity index (χ3v) is 4.09. The molecule has 1 aromatic rings. The zero-order valence-electron chi connectivity index (χ0n) is 13.8. The Bertz CT molecular complexity index is 629. The molecule has 0 radical (unpaired) electrons. The summed E-state index contributed by atoms with van der Waals surface area (Å²) >= 11 is 0. The van der Waals surface area contributed by atoms with Crippen LogP contribution in [0.2, 0.25) is 0 Å². The lowest BCUT2D eigenvalue weighted by Gasteiger charge is -2.21. The van der Waals surface area contributed by atoms with E-state index in [0.29, 0.717) is 6.42 Å². The van der Waals surface area contributed by atoms with Crippen LogP contribution in [0.25, 0.3) is 0 Å². The Morgan fingerprint density at radius 1 is 1.21 bits per heavy atom. The molecule has 1 aliphatic rings. The van der Waals surface area contributed by atoms with Crippen molar-refractivity contribution in [1.82, 2.24) is 10.6 Å². The van der Waals surface area contributed by atoms with Crippen LogP contribution in [0.5, 0.6) is 0 Å². The molecule has 24 heavy (non-hydrogen) atoms. The summed E-state index contributed by atoms with van der Waals surface area (Å²) in [4.78, 5) is 23.5. The van der Waals surface area contributed by atoms with Gasteiger partial charge in [-0.1, -0.05) is 32.0 Å². The lowest BCUT2D eigenvalue weighted by molar-refractivity contribution is -0.138. The molecule has 0 spiro atoms. The highest BCUT2D eigenvalue weighted by atomic mass is 19.4. The van der Waals surface area contributed by atoms with Crippen molar-refractivity contribution >= 4 is 11.8 Å². The van der Waals surface area contributed by atoms with Crippen LogP contribution in [-0.2, 0) is 15.8 Å². The van der Waals surface area contributed by atoms with Gasteiger partial charge in [-0.15, -0.1) is 0 Å². The number of alkyl halides is 3. The zero-order valence-corrected chi connectivity index (χ0v) is 13.8. The van der Waals surface area contributed by atoms with Gasteiger partial charge in [0.05, 0.1) is 5.56 Å². The van der Waals surface area contributed by atoms with Crippen molar-refractivity contribution in [2.45, 2.75) is 51.4 Å². The van der Waals surface area contributed by atoms with Gasteiger partial charge in [-0.2, -0.15) is 13.2 Å². The molecule has 132 valence electrons. The first kappa shape index (κ1) is 18.3. The van der Waals surface area contributed by atoms with Crippen LogP contribution in [0.3, 0.4) is 0 Å². The first-order valence-corrected chi connectivity index (χ1v) is 7.85. The monoisotopic (exact) mass is 342 g/mol. The molecule has 0 bridgehead atoms. The lowest BCUT2D eigenvalue weighted by atomic mass is 10.0. The summed E-state index contributed by atoms with van der Waals surface area (Å²) in [5.74, 6) is -1.15. The molecule has 0 heterocycles. The number of benzene rings is 1. The van der Waals surface area contributed by atoms with Crippen molar-refractivity contribution in [2.75, 3.05) is 0 Å². The van der Waals surface area contributed by atoms with Crippen molar-refractivity contribution in [3.05, 3.63) is 35.4 Å². The van der Waals surface area contributed by atoms with E-state index in [9.17, 15) is 22.8 Å². The van der Waals surface area contributed by atoms with Crippen molar-refractivity contribution in [3.63, 3.8) is 0 Å². The summed E-state index contributed by atoms with van der Waals surface area (Å²) in [6.07, 6.45) is -3.95. The van der Waals surface area contributed by atoms with Crippen LogP contribution < -0.4 is 10.6 Å². The highest BCUT2D eigenvalue weighted by molar-refractivity contribution is 5.87. The molecule has 7 heteroatoms. The van der Waals surface area contributed by atoms with Crippen molar-refractivity contribution in [3.8, 4) is 0 Å². The van der Waals surface area contributed by atoms with E-state index >= 15 is 0 Å². The number of hydrogen-bond acceptors (Lipinski definition) is 2. The average molecular weight is 342 g/mol. The molecule has 0 aromatic heterocycles. The molecule has 0 unspecified atom stereocenters. The largest absolute Gasteiger partial charge is 0.416 e. The van der Waals surface area contributed by atoms with Gasteiger partial charge in [0.25, 0.3) is 0 Å². The predicted octanol–water partition coefficient (Wildman–Crippen LogP) is 2.84. The minimum absolute atomic E-state index is 0.117. The molecule has 1 fully saturated rings. The van der Waals surface area contributed by atoms with Gasteiger partial charge in [-0.25, -0.2) is 0 Å². The minimum atomic E-state index is -4.41. The van der Waals surface area contributed by atoms with Gasteiger partial charge >= 0.3 is 6.18 Å². The minimum Gasteiger partial charge on any atom is -0.351 e. The Morgan fingerprint density at radius 3 is 2.38 bits per heavy atom. The summed E-state index contributed by atoms with van der Waals surface area (Å²) in [5, 5.41) is 5.32. The first-order valence-electron chi connectivity index (χ1n) is 7.85. The van der Waals surface area contributed by atoms with Crippen LogP contribution in [-0.4, -0.2) is 23.9 Å². The van der Waals surface area contributed by atoms with E-state index in [1.807, 2.05) is 0 Å². The van der Waals surface area contributed by atoms with E-state index in [4.69, 9.17) is 0 Å². The van der Waals surface area contributed by atoms with Gasteiger partial charge in [0.15, 0.2) is 0 Å². The van der Waals surface area contributed by atoms with Crippen molar-refractivity contribution in [2.24, 2.45) is 5.92 Å². The number of rotatable bonds is 5. The third-order valence-electron chi connectivity index (χ3n) is 4.09. The molecular weight excluding hydrogens is 321 g/mol. The smallest absolute Gasteiger partial charge is 0.351 e. The molecule has 1 saturated carbocycles. The van der Waals surface area contributed by atoms with Gasteiger partial charge in [0.1, 0.15) is 6.04 Å². The fraction of sp³-hybridized carbons (Fsp3) is 0.529. The zero-order chi connectivity index (χ0) is 18.1. The Labute approximate surface area is 138 Å². The van der Waals surface area contributed by atoms with Crippen LogP contribution in [0.4, 0.5) is 13.2 Å². The maximum absolute atomic E-state index is 13.1. The molecule has 0 saturated heterocycles. The van der Waals surface area contributed by atoms with Gasteiger partial charge in [-0.05, 0) is 24.0 Å². The Morgan fingerprint density at radius 2 is 1.83 bits per heavy atom. The quantitative estimate of drug-likeness (QED) is 0.864. The molecule has 2 amide bonds. The van der Waals surface area contributed by atoms with E-state index in [2.05, 4.69) is 10.6 Å². The van der Waals surface area contributed by atoms with Crippen LogP contribution in [0.15, 0.2) is 24.3 Å². The second-order valence-electron chi connectivity index (χ2n) is 6.46. The van der Waals surface area contributed by atoms with Gasteiger partial charge in [0.2, 0.25) is 11.8 Å². The second-order valence-corrected chi connectivity index (χ2v) is 6.46. The maximum Gasteiger partial charge on any atom is 0.416 e. The Hall–Kier alpha value is -2.05. The maximum atomic E-state index is 13.1. The Kier molecular flexibility index (Phi) is 5.20. The van der Waals surface area contributed by atoms with Gasteiger partial charge in [-0.3, -0.25) is 9.59 Å². The van der Waals surface area contributed by atoms with Gasteiger partial charge in [0, 0.05) is 18.9 Å². The highest BCUT2D eigenvalue weighted by Crippen LogP contribution is 2.46. The number of nitrogens with one attached hydrogen (secondary N) is 2. The molecule has 4 nitrogen and oxygen atoms in total. The lowest BCUT2D eigenvalue weighted by Crippen LogP contribution is -2.49. The average Bonchev–Trinajstić information content (AvgIpc) is 3.22. The topological polar surface area (TPSA) is 58.2 Å². The van der Waals surface area contributed by atoms with Crippen LogP contribution in [0, 0.1) is 5.92 Å². The van der Waals surface area contributed by atoms with Crippen LogP contribution >= 0.6 is 0 Å². The van der Waals surface area contributed by atoms with Gasteiger partial charge < -0.3 is 10.6 Å². The molecular formula is C17H21F3N2O2. The fourth-order valence-electron chi connectivity index (χ4n) is 2.80. The fourth-order valence-corrected chi connectivity index (χ4v) is 2.80. The summed E-state index contributed by atoms with van der Waals surface area (Å²) < 4.78 is 39.2. The summed E-state index contributed by atoms with van der Waals surface area (Å²) in [6.45, 7) is 4.91. The van der Waals surface area contributed by atoms with E-state index in [1.54, 1.807) is 19.9 Å². The SMILES string of the molecule is CC(=O)N[C@H](C(=O)N[C@H]1C[C@H]1c1ccccc1C(F)(F)F)C(C)C. The predicted molar refractivity (Wildman–Crippen MR) is 83.2 cm³/mol. The molecule has 3 atom stereocenters. The summed E-state index contributed by atoms with van der Waals surface area (Å²) in [7, 11) is 0. The highest BCUT2D eigenvalue weighted by Gasteiger charge is 2.45. The molecule has 2 N–H and O–H groups in total. The van der Waals surface area contributed by atoms with Crippen molar-refractivity contribution < 1.29 is 22.8 Å². The van der Waals surface area contributed by atoms with E-state index in [-0.39, 0.29) is 35.3 Å². The number of hydrogen-bond donors (Lipinski definition) is 2. The first-order chi connectivity index (χ1) is 11.1. The van der Waals surface area contributed by atoms with E-state index in [0.717, 1.165) is 6.07 Å². The standard InChI is InChI=1S/C17H21F3N2O2/c1-9(2)15(21-10(3)23)16(24)22-14-8-12(14)11-6-4-5-7-13(11)17(18,19)20/h4-7,9,12,14-15H,8H2,1-3H3,(H,21,23)(H,22,24)/t12-,14-,15-/m0/s1. The normalized spacial score (nSPS) is 21.3. The number of carbonyl (C=O) groups excluding carboxylic acids is 2. The summed E-state index contributed by atoms with van der Waals surface area (Å²) in [6, 6.07) is 4.40. The molecule has 0 aliphatic heterocycles. The molecule has 1 aromatic carbocycles. The third kappa shape index (κ3) is 4.27. The molecule has 2 rings (SSSR count). The van der Waals surface area contributed by atoms with E-state index < -0.39 is 17.8 Å². The molecule has 1 aliphatic carbocycles. The van der Waals surface area contributed by atoms with Crippen molar-refractivity contribution in [1.29, 1.82) is 0 Å². The number of carbonyl (C=O) groups is 2. The summed E-state index contributed by atoms with van der Waals surface area (Å²) in [5.41, 5.74) is -0.454. The number of amides is 2. The Balaban J connectivity index is 2.06. The van der Waals surface area contributed by atoms with Crippen LogP contribution in [0.1, 0.15) is 44.2 Å². The second kappa shape index (κ2) is 6.83.